The third-order valence-corrected chi connectivity index (χ3v) is 2.69. The van der Waals surface area contributed by atoms with Gasteiger partial charge < -0.3 is 4.74 Å². The average molecular weight is 246 g/mol. The van der Waals surface area contributed by atoms with E-state index in [0.717, 1.165) is 5.56 Å². The number of rotatable bonds is 4. The molecule has 0 unspecified atom stereocenters. The van der Waals surface area contributed by atoms with E-state index in [4.69, 9.17) is 10.00 Å². The molecule has 18 heavy (non-hydrogen) atoms. The summed E-state index contributed by atoms with van der Waals surface area (Å²) in [5.41, 5.74) is 0.0689. The maximum absolute atomic E-state index is 11.9. The molecule has 0 aliphatic carbocycles. The fourth-order valence-electron chi connectivity index (χ4n) is 1.61. The second-order valence-corrected chi connectivity index (χ2v) is 4.46. The fraction of sp³-hybridized carbons (Fsp3) is 0.429. The highest BCUT2D eigenvalue weighted by Crippen LogP contribution is 2.15. The summed E-state index contributed by atoms with van der Waals surface area (Å²) in [4.78, 5) is 13.3. The van der Waals surface area contributed by atoms with Crippen molar-refractivity contribution >= 4 is 6.09 Å². The SMILES string of the molecule is CCN(C(=O)OCc1ccccc1)C(C)(C)C#N. The van der Waals surface area contributed by atoms with Crippen LogP contribution in [0.2, 0.25) is 0 Å². The van der Waals surface area contributed by atoms with Gasteiger partial charge in [0.2, 0.25) is 0 Å². The Bertz CT molecular complexity index is 435. The number of hydrogen-bond acceptors (Lipinski definition) is 3. The summed E-state index contributed by atoms with van der Waals surface area (Å²) in [7, 11) is 0. The smallest absolute Gasteiger partial charge is 0.411 e. The lowest BCUT2D eigenvalue weighted by molar-refractivity contribution is 0.0749. The van der Waals surface area contributed by atoms with Gasteiger partial charge in [-0.25, -0.2) is 4.79 Å². The van der Waals surface area contributed by atoms with Gasteiger partial charge in [-0.05, 0) is 26.3 Å². The highest BCUT2D eigenvalue weighted by atomic mass is 16.6. The van der Waals surface area contributed by atoms with Gasteiger partial charge in [-0.2, -0.15) is 5.26 Å². The zero-order valence-electron chi connectivity index (χ0n) is 11.0. The van der Waals surface area contributed by atoms with Crippen LogP contribution in [0, 0.1) is 11.3 Å². The Hall–Kier alpha value is -2.02. The maximum atomic E-state index is 11.9. The molecule has 0 radical (unpaired) electrons. The van der Waals surface area contributed by atoms with Crippen LogP contribution in [0.1, 0.15) is 26.3 Å². The molecule has 0 spiro atoms. The van der Waals surface area contributed by atoms with Gasteiger partial charge in [-0.1, -0.05) is 30.3 Å². The van der Waals surface area contributed by atoms with Crippen LogP contribution < -0.4 is 0 Å². The highest BCUT2D eigenvalue weighted by molar-refractivity contribution is 5.69. The van der Waals surface area contributed by atoms with Crippen molar-refractivity contribution in [2.45, 2.75) is 32.9 Å². The Balaban J connectivity index is 2.62. The van der Waals surface area contributed by atoms with E-state index in [-0.39, 0.29) is 6.61 Å². The van der Waals surface area contributed by atoms with E-state index in [9.17, 15) is 4.79 Å². The summed E-state index contributed by atoms with van der Waals surface area (Å²) in [5, 5.41) is 9.03. The lowest BCUT2D eigenvalue weighted by Crippen LogP contribution is -2.46. The Morgan fingerprint density at radius 3 is 2.50 bits per heavy atom. The van der Waals surface area contributed by atoms with E-state index < -0.39 is 11.6 Å². The Morgan fingerprint density at radius 2 is 2.00 bits per heavy atom. The van der Waals surface area contributed by atoms with E-state index in [1.807, 2.05) is 37.3 Å². The molecular formula is C14H18N2O2. The van der Waals surface area contributed by atoms with Crippen molar-refractivity contribution < 1.29 is 9.53 Å². The minimum Gasteiger partial charge on any atom is -0.445 e. The van der Waals surface area contributed by atoms with Crippen molar-refractivity contribution in [3.8, 4) is 6.07 Å². The molecule has 1 rings (SSSR count). The van der Waals surface area contributed by atoms with E-state index in [1.165, 1.54) is 4.90 Å². The number of hydrogen-bond donors (Lipinski definition) is 0. The molecule has 0 aromatic heterocycles. The number of carbonyl (C=O) groups is 1. The van der Waals surface area contributed by atoms with Crippen LogP contribution in [0.25, 0.3) is 0 Å². The molecule has 0 N–H and O–H groups in total. The number of amides is 1. The van der Waals surface area contributed by atoms with Crippen molar-refractivity contribution in [1.29, 1.82) is 5.26 Å². The van der Waals surface area contributed by atoms with Gasteiger partial charge in [0, 0.05) is 6.54 Å². The Kier molecular flexibility index (Phi) is 4.73. The van der Waals surface area contributed by atoms with Crippen molar-refractivity contribution in [3.63, 3.8) is 0 Å². The van der Waals surface area contributed by atoms with Gasteiger partial charge in [0.15, 0.2) is 0 Å². The number of nitriles is 1. The number of nitrogens with zero attached hydrogens (tertiary/aromatic N) is 2. The summed E-state index contributed by atoms with van der Waals surface area (Å²) >= 11 is 0. The fourth-order valence-corrected chi connectivity index (χ4v) is 1.61. The lowest BCUT2D eigenvalue weighted by atomic mass is 10.1. The third-order valence-electron chi connectivity index (χ3n) is 2.69. The van der Waals surface area contributed by atoms with E-state index in [1.54, 1.807) is 13.8 Å². The van der Waals surface area contributed by atoms with Gasteiger partial charge in [-0.15, -0.1) is 0 Å². The van der Waals surface area contributed by atoms with Crippen LogP contribution >= 0.6 is 0 Å². The van der Waals surface area contributed by atoms with Gasteiger partial charge in [-0.3, -0.25) is 4.90 Å². The molecule has 0 atom stereocenters. The minimum absolute atomic E-state index is 0.220. The largest absolute Gasteiger partial charge is 0.445 e. The average Bonchev–Trinajstić information content (AvgIpc) is 2.38. The maximum Gasteiger partial charge on any atom is 0.411 e. The van der Waals surface area contributed by atoms with Crippen LogP contribution in [0.4, 0.5) is 4.79 Å². The molecule has 0 fully saturated rings. The predicted octanol–water partition coefficient (Wildman–Crippen LogP) is 2.95. The summed E-state index contributed by atoms with van der Waals surface area (Å²) in [5.74, 6) is 0. The molecule has 0 aliphatic rings. The van der Waals surface area contributed by atoms with E-state index in [2.05, 4.69) is 6.07 Å². The van der Waals surface area contributed by atoms with Crippen molar-refractivity contribution in [2.24, 2.45) is 0 Å². The normalized spacial score (nSPS) is 10.6. The summed E-state index contributed by atoms with van der Waals surface area (Å²) in [6.07, 6.45) is -0.465. The van der Waals surface area contributed by atoms with Crippen molar-refractivity contribution in [3.05, 3.63) is 35.9 Å². The molecule has 4 nitrogen and oxygen atoms in total. The Labute approximate surface area is 108 Å². The molecule has 0 saturated heterocycles. The summed E-state index contributed by atoms with van der Waals surface area (Å²) < 4.78 is 5.21. The van der Waals surface area contributed by atoms with Gasteiger partial charge in [0.1, 0.15) is 12.1 Å². The van der Waals surface area contributed by atoms with E-state index >= 15 is 0 Å². The van der Waals surface area contributed by atoms with Crippen LogP contribution in [-0.2, 0) is 11.3 Å². The second kappa shape index (κ2) is 6.06. The number of benzene rings is 1. The lowest BCUT2D eigenvalue weighted by Gasteiger charge is -2.31. The molecule has 0 bridgehead atoms. The molecule has 1 aromatic carbocycles. The number of ether oxygens (including phenoxy) is 1. The first-order chi connectivity index (χ1) is 8.51. The molecule has 4 heteroatoms. The quantitative estimate of drug-likeness (QED) is 0.820. The van der Waals surface area contributed by atoms with Gasteiger partial charge >= 0.3 is 6.09 Å². The number of carbonyl (C=O) groups excluding carboxylic acids is 1. The molecule has 1 amide bonds. The Morgan fingerprint density at radius 1 is 1.39 bits per heavy atom. The van der Waals surface area contributed by atoms with Crippen LogP contribution in [0.5, 0.6) is 0 Å². The first-order valence-electron chi connectivity index (χ1n) is 5.91. The molecule has 0 heterocycles. The van der Waals surface area contributed by atoms with Crippen molar-refractivity contribution in [2.75, 3.05) is 6.54 Å². The molecule has 1 aromatic rings. The second-order valence-electron chi connectivity index (χ2n) is 4.46. The van der Waals surface area contributed by atoms with Crippen LogP contribution in [0.15, 0.2) is 30.3 Å². The van der Waals surface area contributed by atoms with Gasteiger partial charge in [0.25, 0.3) is 0 Å². The molecule has 0 saturated carbocycles. The van der Waals surface area contributed by atoms with Gasteiger partial charge in [0.05, 0.1) is 6.07 Å². The zero-order valence-corrected chi connectivity index (χ0v) is 11.0. The highest BCUT2D eigenvalue weighted by Gasteiger charge is 2.30. The van der Waals surface area contributed by atoms with Crippen LogP contribution in [-0.4, -0.2) is 23.1 Å². The standard InChI is InChI=1S/C14H18N2O2/c1-4-16(14(2,3)11-15)13(17)18-10-12-8-6-5-7-9-12/h5-9H,4,10H2,1-3H3. The van der Waals surface area contributed by atoms with Crippen LogP contribution in [0.3, 0.4) is 0 Å². The molecular weight excluding hydrogens is 228 g/mol. The summed E-state index contributed by atoms with van der Waals surface area (Å²) in [6.45, 7) is 5.87. The summed E-state index contributed by atoms with van der Waals surface area (Å²) in [6, 6.07) is 11.6. The minimum atomic E-state index is -0.859. The zero-order chi connectivity index (χ0) is 13.6. The third kappa shape index (κ3) is 3.49. The van der Waals surface area contributed by atoms with Crippen molar-refractivity contribution in [1.82, 2.24) is 4.90 Å². The molecule has 0 aliphatic heterocycles. The van der Waals surface area contributed by atoms with E-state index in [0.29, 0.717) is 6.54 Å². The molecule has 96 valence electrons. The topological polar surface area (TPSA) is 53.3 Å². The monoisotopic (exact) mass is 246 g/mol. The first-order valence-corrected chi connectivity index (χ1v) is 5.91. The predicted molar refractivity (Wildman–Crippen MR) is 68.7 cm³/mol. The first kappa shape index (κ1) is 14.0.